The van der Waals surface area contributed by atoms with Crippen molar-refractivity contribution in [3.05, 3.63) is 64.4 Å². The van der Waals surface area contributed by atoms with E-state index in [1.807, 2.05) is 0 Å². The molecule has 7 nitrogen and oxygen atoms in total. The van der Waals surface area contributed by atoms with Crippen LogP contribution in [0, 0.1) is 5.82 Å². The molecule has 2 N–H and O–H groups in total. The Morgan fingerprint density at radius 2 is 1.72 bits per heavy atom. The van der Waals surface area contributed by atoms with Crippen LogP contribution in [0.15, 0.2) is 47.4 Å². The molecule has 0 saturated carbocycles. The minimum absolute atomic E-state index is 0.00762. The Morgan fingerprint density at radius 1 is 1.07 bits per heavy atom. The minimum Gasteiger partial charge on any atom is -0.273 e. The zero-order valence-electron chi connectivity index (χ0n) is 15.9. The molecule has 2 aromatic carbocycles. The van der Waals surface area contributed by atoms with E-state index in [0.717, 1.165) is 0 Å². The Labute approximate surface area is 173 Å². The molecule has 0 spiro atoms. The van der Waals surface area contributed by atoms with Crippen LogP contribution in [-0.4, -0.2) is 37.6 Å². The first kappa shape index (κ1) is 22.8. The number of nitrogens with one attached hydrogen (secondary N) is 2. The molecule has 0 aromatic heterocycles. The van der Waals surface area contributed by atoms with Crippen molar-refractivity contribution in [2.24, 2.45) is 0 Å². The maximum absolute atomic E-state index is 13.7. The summed E-state index contributed by atoms with van der Waals surface area (Å²) in [7, 11) is -3.73. The van der Waals surface area contributed by atoms with Gasteiger partial charge in [0.2, 0.25) is 15.9 Å². The fraction of sp³-hybridized carbons (Fsp3) is 0.263. The molecule has 2 rings (SSSR count). The number of hydrazine groups is 1. The number of nitrogens with zero attached hydrogens (tertiary/aromatic N) is 1. The number of rotatable bonds is 7. The van der Waals surface area contributed by atoms with E-state index in [9.17, 15) is 22.4 Å². The number of hydrogen-bond acceptors (Lipinski definition) is 4. The Morgan fingerprint density at radius 3 is 2.34 bits per heavy atom. The van der Waals surface area contributed by atoms with Gasteiger partial charge in [-0.3, -0.25) is 20.4 Å². The number of carbonyl (C=O) groups excluding carboxylic acids is 2. The molecule has 29 heavy (non-hydrogen) atoms. The van der Waals surface area contributed by atoms with E-state index in [1.165, 1.54) is 46.8 Å². The molecule has 0 aliphatic carbocycles. The van der Waals surface area contributed by atoms with Crippen LogP contribution in [0.1, 0.15) is 29.8 Å². The highest BCUT2D eigenvalue weighted by Gasteiger charge is 2.22. The molecule has 0 heterocycles. The smallest absolute Gasteiger partial charge is 0.269 e. The summed E-state index contributed by atoms with van der Waals surface area (Å²) in [6.45, 7) is 4.03. The van der Waals surface area contributed by atoms with Gasteiger partial charge in [-0.2, -0.15) is 4.31 Å². The van der Waals surface area contributed by atoms with Crippen LogP contribution in [0.4, 0.5) is 4.39 Å². The van der Waals surface area contributed by atoms with E-state index in [-0.39, 0.29) is 27.5 Å². The highest BCUT2D eigenvalue weighted by atomic mass is 35.5. The average molecular weight is 442 g/mol. The Kier molecular flexibility index (Phi) is 7.72. The first-order valence-electron chi connectivity index (χ1n) is 8.83. The van der Waals surface area contributed by atoms with Crippen molar-refractivity contribution in [2.45, 2.75) is 25.2 Å². The van der Waals surface area contributed by atoms with Crippen LogP contribution in [0.2, 0.25) is 5.02 Å². The Hall–Kier alpha value is -2.49. The predicted molar refractivity (Wildman–Crippen MR) is 107 cm³/mol. The van der Waals surface area contributed by atoms with Crippen molar-refractivity contribution in [3.8, 4) is 0 Å². The first-order valence-corrected chi connectivity index (χ1v) is 10.6. The zero-order chi connectivity index (χ0) is 21.6. The highest BCUT2D eigenvalue weighted by molar-refractivity contribution is 7.89. The predicted octanol–water partition coefficient (Wildman–Crippen LogP) is 2.51. The van der Waals surface area contributed by atoms with Crippen molar-refractivity contribution >= 4 is 33.4 Å². The van der Waals surface area contributed by atoms with Gasteiger partial charge < -0.3 is 0 Å². The van der Waals surface area contributed by atoms with Crippen LogP contribution in [0.3, 0.4) is 0 Å². The van der Waals surface area contributed by atoms with E-state index >= 15 is 0 Å². The summed E-state index contributed by atoms with van der Waals surface area (Å²) in [6.07, 6.45) is -0.373. The number of sulfonamides is 1. The molecule has 0 unspecified atom stereocenters. The molecule has 0 atom stereocenters. The second-order valence-corrected chi connectivity index (χ2v) is 8.34. The summed E-state index contributed by atoms with van der Waals surface area (Å²) in [6, 6.07) is 9.51. The van der Waals surface area contributed by atoms with Gasteiger partial charge in [-0.25, -0.2) is 12.8 Å². The van der Waals surface area contributed by atoms with Gasteiger partial charge in [0.25, 0.3) is 5.91 Å². The van der Waals surface area contributed by atoms with Crippen LogP contribution in [0.25, 0.3) is 0 Å². The largest absolute Gasteiger partial charge is 0.273 e. The van der Waals surface area contributed by atoms with Gasteiger partial charge in [0.1, 0.15) is 5.82 Å². The van der Waals surface area contributed by atoms with Crippen LogP contribution in [-0.2, 0) is 21.2 Å². The van der Waals surface area contributed by atoms with E-state index < -0.39 is 27.7 Å². The topological polar surface area (TPSA) is 95.6 Å². The fourth-order valence-corrected chi connectivity index (χ4v) is 4.35. The standard InChI is InChI=1S/C19H21ClFN3O4S/c1-3-24(4-2)29(27,28)14-8-5-7-13(11-14)19(26)23-22-18(25)12-15-16(20)9-6-10-17(15)21/h5-11H,3-4,12H2,1-2H3,(H,22,25)(H,23,26). The van der Waals surface area contributed by atoms with Crippen molar-refractivity contribution in [2.75, 3.05) is 13.1 Å². The molecule has 156 valence electrons. The van der Waals surface area contributed by atoms with E-state index in [0.29, 0.717) is 13.1 Å². The number of carbonyl (C=O) groups is 2. The second-order valence-electron chi connectivity index (χ2n) is 6.00. The molecular weight excluding hydrogens is 421 g/mol. The van der Waals surface area contributed by atoms with Gasteiger partial charge in [-0.05, 0) is 30.3 Å². The quantitative estimate of drug-likeness (QED) is 0.645. The summed E-state index contributed by atoms with van der Waals surface area (Å²) < 4.78 is 40.2. The fourth-order valence-electron chi connectivity index (χ4n) is 2.61. The van der Waals surface area contributed by atoms with Gasteiger partial charge in [-0.15, -0.1) is 0 Å². The zero-order valence-corrected chi connectivity index (χ0v) is 17.5. The molecule has 0 saturated heterocycles. The van der Waals surface area contributed by atoms with Gasteiger partial charge in [-0.1, -0.05) is 37.6 Å². The molecule has 10 heteroatoms. The lowest BCUT2D eigenvalue weighted by atomic mass is 10.1. The molecule has 0 aliphatic rings. The number of benzene rings is 2. The van der Waals surface area contributed by atoms with Crippen molar-refractivity contribution in [3.63, 3.8) is 0 Å². The molecular formula is C19H21ClFN3O4S. The van der Waals surface area contributed by atoms with Gasteiger partial charge >= 0.3 is 0 Å². The maximum Gasteiger partial charge on any atom is 0.269 e. The maximum atomic E-state index is 13.7. The first-order chi connectivity index (χ1) is 13.7. The molecule has 2 amide bonds. The van der Waals surface area contributed by atoms with Gasteiger partial charge in [0.15, 0.2) is 0 Å². The summed E-state index contributed by atoms with van der Waals surface area (Å²) >= 11 is 5.87. The summed E-state index contributed by atoms with van der Waals surface area (Å²) in [5.41, 5.74) is 4.40. The third-order valence-corrected chi connectivity index (χ3v) is 6.55. The highest BCUT2D eigenvalue weighted by Crippen LogP contribution is 2.19. The Balaban J connectivity index is 2.07. The van der Waals surface area contributed by atoms with Crippen LogP contribution >= 0.6 is 11.6 Å². The van der Waals surface area contributed by atoms with Crippen molar-refractivity contribution < 1.29 is 22.4 Å². The van der Waals surface area contributed by atoms with Gasteiger partial charge in [0.05, 0.1) is 11.3 Å². The number of hydrogen-bond donors (Lipinski definition) is 2. The monoisotopic (exact) mass is 441 g/mol. The third kappa shape index (κ3) is 5.53. The van der Waals surface area contributed by atoms with Crippen LogP contribution < -0.4 is 10.9 Å². The number of amides is 2. The third-order valence-electron chi connectivity index (χ3n) is 4.15. The number of halogens is 2. The van der Waals surface area contributed by atoms with Crippen molar-refractivity contribution in [1.29, 1.82) is 0 Å². The lowest BCUT2D eigenvalue weighted by molar-refractivity contribution is -0.121. The summed E-state index contributed by atoms with van der Waals surface area (Å²) in [5.74, 6) is -2.03. The van der Waals surface area contributed by atoms with Gasteiger partial charge in [0, 0.05) is 29.2 Å². The normalized spacial score (nSPS) is 11.3. The Bertz CT molecular complexity index is 990. The lowest BCUT2D eigenvalue weighted by Crippen LogP contribution is -2.42. The average Bonchev–Trinajstić information content (AvgIpc) is 2.70. The van der Waals surface area contributed by atoms with Crippen molar-refractivity contribution in [1.82, 2.24) is 15.2 Å². The molecule has 0 fully saturated rings. The molecule has 0 aliphatic heterocycles. The SMILES string of the molecule is CCN(CC)S(=O)(=O)c1cccc(C(=O)NNC(=O)Cc2c(F)cccc2Cl)c1. The van der Waals surface area contributed by atoms with E-state index in [4.69, 9.17) is 11.6 Å². The second kappa shape index (κ2) is 9.82. The summed E-state index contributed by atoms with van der Waals surface area (Å²) in [5, 5.41) is 0.0980. The molecule has 0 bridgehead atoms. The molecule has 2 aromatic rings. The molecule has 0 radical (unpaired) electrons. The van der Waals surface area contributed by atoms with E-state index in [2.05, 4.69) is 10.9 Å². The van der Waals surface area contributed by atoms with E-state index in [1.54, 1.807) is 13.8 Å². The minimum atomic E-state index is -3.73. The van der Waals surface area contributed by atoms with Crippen LogP contribution in [0.5, 0.6) is 0 Å². The lowest BCUT2D eigenvalue weighted by Gasteiger charge is -2.18. The summed E-state index contributed by atoms with van der Waals surface area (Å²) in [4.78, 5) is 24.3.